The maximum atomic E-state index is 12.9. The third kappa shape index (κ3) is 3.97. The summed E-state index contributed by atoms with van der Waals surface area (Å²) in [5, 5.41) is 4.32. The standard InChI is InChI=1S/C16H19F3N4O2S/c1-15(2,3)26(24)22-13-9-25-8-12-11(13)7-23(21-12)10-4-5-20-14(6-10)16(17,18)19/h4-7,13,22H,8-9H2,1-3H3/t13-,26-/m0/s1. The van der Waals surface area contributed by atoms with E-state index >= 15 is 0 Å². The summed E-state index contributed by atoms with van der Waals surface area (Å²) in [5.74, 6) is 0. The highest BCUT2D eigenvalue weighted by Crippen LogP contribution is 2.30. The van der Waals surface area contributed by atoms with Crippen LogP contribution in [0.15, 0.2) is 24.5 Å². The minimum atomic E-state index is -4.53. The lowest BCUT2D eigenvalue weighted by Gasteiger charge is -2.26. The van der Waals surface area contributed by atoms with Crippen LogP contribution in [0.1, 0.15) is 43.8 Å². The third-order valence-electron chi connectivity index (χ3n) is 3.83. The number of hydrogen-bond donors (Lipinski definition) is 1. The number of rotatable bonds is 3. The van der Waals surface area contributed by atoms with Gasteiger partial charge >= 0.3 is 6.18 Å². The van der Waals surface area contributed by atoms with Crippen LogP contribution in [0.25, 0.3) is 5.69 Å². The van der Waals surface area contributed by atoms with Gasteiger partial charge in [0.2, 0.25) is 0 Å². The van der Waals surface area contributed by atoms with Crippen LogP contribution < -0.4 is 4.72 Å². The largest absolute Gasteiger partial charge is 0.433 e. The van der Waals surface area contributed by atoms with Crippen LogP contribution >= 0.6 is 0 Å². The Bertz CT molecular complexity index is 830. The Morgan fingerprint density at radius 2 is 2.08 bits per heavy atom. The van der Waals surface area contributed by atoms with E-state index in [1.54, 1.807) is 6.20 Å². The number of nitrogens with zero attached hydrogens (tertiary/aromatic N) is 3. The molecule has 1 N–H and O–H groups in total. The third-order valence-corrected chi connectivity index (χ3v) is 5.44. The van der Waals surface area contributed by atoms with Crippen LogP contribution in [0, 0.1) is 0 Å². The van der Waals surface area contributed by atoms with Gasteiger partial charge in [-0.05, 0) is 32.9 Å². The highest BCUT2D eigenvalue weighted by atomic mass is 32.2. The van der Waals surface area contributed by atoms with Gasteiger partial charge in [-0.2, -0.15) is 18.3 Å². The number of fused-ring (bicyclic) bond motifs is 1. The van der Waals surface area contributed by atoms with Crippen LogP contribution in [0.5, 0.6) is 0 Å². The predicted molar refractivity (Wildman–Crippen MR) is 89.8 cm³/mol. The van der Waals surface area contributed by atoms with Gasteiger partial charge in [-0.15, -0.1) is 0 Å². The normalized spacial score (nSPS) is 19.2. The van der Waals surface area contributed by atoms with E-state index in [4.69, 9.17) is 4.74 Å². The quantitative estimate of drug-likeness (QED) is 0.878. The zero-order valence-corrected chi connectivity index (χ0v) is 15.3. The molecule has 10 heteroatoms. The van der Waals surface area contributed by atoms with Crippen LogP contribution in [0.2, 0.25) is 0 Å². The van der Waals surface area contributed by atoms with E-state index in [0.29, 0.717) is 12.3 Å². The molecule has 0 aliphatic carbocycles. The number of halogens is 3. The van der Waals surface area contributed by atoms with E-state index < -0.39 is 27.6 Å². The summed E-state index contributed by atoms with van der Waals surface area (Å²) in [6, 6.07) is 2.04. The molecule has 0 amide bonds. The molecule has 0 spiro atoms. The zero-order valence-electron chi connectivity index (χ0n) is 14.5. The molecule has 1 aliphatic rings. The lowest BCUT2D eigenvalue weighted by Crippen LogP contribution is -2.38. The second-order valence-corrected chi connectivity index (χ2v) is 8.94. The van der Waals surface area contributed by atoms with E-state index in [1.165, 1.54) is 10.7 Å². The second-order valence-electron chi connectivity index (χ2n) is 6.94. The van der Waals surface area contributed by atoms with Crippen molar-refractivity contribution in [3.8, 4) is 5.69 Å². The van der Waals surface area contributed by atoms with Crippen molar-refractivity contribution in [2.45, 2.75) is 44.3 Å². The average molecular weight is 388 g/mol. The summed E-state index contributed by atoms with van der Waals surface area (Å²) in [6.45, 7) is 6.10. The molecule has 26 heavy (non-hydrogen) atoms. The monoisotopic (exact) mass is 388 g/mol. The Balaban J connectivity index is 1.91. The van der Waals surface area contributed by atoms with Gasteiger partial charge in [0.25, 0.3) is 0 Å². The Labute approximate surface area is 151 Å². The van der Waals surface area contributed by atoms with Crippen molar-refractivity contribution in [2.24, 2.45) is 0 Å². The van der Waals surface area contributed by atoms with Crippen molar-refractivity contribution in [1.29, 1.82) is 0 Å². The van der Waals surface area contributed by atoms with Crippen molar-refractivity contribution < 1.29 is 22.1 Å². The summed E-state index contributed by atoms with van der Waals surface area (Å²) in [7, 11) is -1.32. The highest BCUT2D eigenvalue weighted by molar-refractivity contribution is 7.84. The number of hydrogen-bond acceptors (Lipinski definition) is 4. The Kier molecular flexibility index (Phi) is 4.93. The molecular formula is C16H19F3N4O2S. The molecule has 0 saturated carbocycles. The van der Waals surface area contributed by atoms with E-state index in [0.717, 1.165) is 17.8 Å². The molecule has 0 unspecified atom stereocenters. The van der Waals surface area contributed by atoms with Crippen LogP contribution in [0.3, 0.4) is 0 Å². The number of pyridine rings is 1. The summed E-state index contributed by atoms with van der Waals surface area (Å²) in [5.41, 5.74) is 0.630. The zero-order chi connectivity index (χ0) is 19.1. The van der Waals surface area contributed by atoms with Gasteiger partial charge in [-0.1, -0.05) is 0 Å². The van der Waals surface area contributed by atoms with Gasteiger partial charge < -0.3 is 4.74 Å². The van der Waals surface area contributed by atoms with Crippen molar-refractivity contribution in [3.63, 3.8) is 0 Å². The molecule has 142 valence electrons. The van der Waals surface area contributed by atoms with E-state index in [-0.39, 0.29) is 18.3 Å². The molecule has 0 saturated heterocycles. The number of alkyl halides is 3. The molecule has 6 nitrogen and oxygen atoms in total. The number of nitrogens with one attached hydrogen (secondary N) is 1. The molecule has 0 radical (unpaired) electrons. The maximum Gasteiger partial charge on any atom is 0.433 e. The van der Waals surface area contributed by atoms with Crippen molar-refractivity contribution in [1.82, 2.24) is 19.5 Å². The lowest BCUT2D eigenvalue weighted by molar-refractivity contribution is -0.141. The molecule has 3 rings (SSSR count). The average Bonchev–Trinajstić information content (AvgIpc) is 2.98. The second kappa shape index (κ2) is 6.75. The van der Waals surface area contributed by atoms with Crippen molar-refractivity contribution in [3.05, 3.63) is 41.5 Å². The first-order chi connectivity index (χ1) is 12.1. The Morgan fingerprint density at radius 3 is 2.73 bits per heavy atom. The molecular weight excluding hydrogens is 369 g/mol. The first-order valence-corrected chi connectivity index (χ1v) is 9.08. The van der Waals surface area contributed by atoms with E-state index in [2.05, 4.69) is 14.8 Å². The van der Waals surface area contributed by atoms with Crippen molar-refractivity contribution >= 4 is 11.0 Å². The van der Waals surface area contributed by atoms with Gasteiger partial charge in [0, 0.05) is 18.0 Å². The summed E-state index contributed by atoms with van der Waals surface area (Å²) in [4.78, 5) is 3.36. The number of ether oxygens (including phenoxy) is 1. The number of aromatic nitrogens is 3. The highest BCUT2D eigenvalue weighted by Gasteiger charge is 2.33. The predicted octanol–water partition coefficient (Wildman–Crippen LogP) is 2.91. The fraction of sp³-hybridized carbons (Fsp3) is 0.500. The minimum absolute atomic E-state index is 0.248. The lowest BCUT2D eigenvalue weighted by atomic mass is 10.1. The van der Waals surface area contributed by atoms with Gasteiger partial charge in [-0.3, -0.25) is 4.98 Å². The fourth-order valence-electron chi connectivity index (χ4n) is 2.44. The van der Waals surface area contributed by atoms with Gasteiger partial charge in [0.05, 0.1) is 46.4 Å². The molecule has 0 fully saturated rings. The SMILES string of the molecule is CC(C)(C)[S@](=O)N[C@H]1COCc2nn(-c3ccnc(C(F)(F)F)c3)cc21. The minimum Gasteiger partial charge on any atom is -0.373 e. The van der Waals surface area contributed by atoms with Crippen molar-refractivity contribution in [2.75, 3.05) is 6.61 Å². The van der Waals surface area contributed by atoms with Gasteiger partial charge in [0.15, 0.2) is 0 Å². The van der Waals surface area contributed by atoms with Gasteiger partial charge in [-0.25, -0.2) is 13.6 Å². The van der Waals surface area contributed by atoms with Gasteiger partial charge in [0.1, 0.15) is 5.69 Å². The first kappa shape index (κ1) is 19.0. The maximum absolute atomic E-state index is 12.9. The summed E-state index contributed by atoms with van der Waals surface area (Å²) < 4.78 is 60.4. The Hall–Kier alpha value is -1.78. The molecule has 2 aromatic rings. The molecule has 2 aromatic heterocycles. The smallest absolute Gasteiger partial charge is 0.373 e. The Morgan fingerprint density at radius 1 is 1.35 bits per heavy atom. The molecule has 0 bridgehead atoms. The first-order valence-electron chi connectivity index (χ1n) is 7.93. The van der Waals surface area contributed by atoms with Crippen LogP contribution in [-0.2, 0) is 28.5 Å². The van der Waals surface area contributed by atoms with Crippen LogP contribution in [-0.4, -0.2) is 30.3 Å². The fourth-order valence-corrected chi connectivity index (χ4v) is 3.25. The molecule has 0 aromatic carbocycles. The molecule has 3 heterocycles. The summed E-state index contributed by atoms with van der Waals surface area (Å²) in [6.07, 6.45) is -1.79. The molecule has 2 atom stereocenters. The topological polar surface area (TPSA) is 69.0 Å². The summed E-state index contributed by atoms with van der Waals surface area (Å²) >= 11 is 0. The van der Waals surface area contributed by atoms with Crippen LogP contribution in [0.4, 0.5) is 13.2 Å². The molecule has 1 aliphatic heterocycles. The van der Waals surface area contributed by atoms with E-state index in [1.807, 2.05) is 20.8 Å². The van der Waals surface area contributed by atoms with E-state index in [9.17, 15) is 17.4 Å².